The van der Waals surface area contributed by atoms with E-state index in [2.05, 4.69) is 73.7 Å². The van der Waals surface area contributed by atoms with Gasteiger partial charge in [-0.25, -0.2) is 4.79 Å². The van der Waals surface area contributed by atoms with E-state index in [0.717, 1.165) is 37.7 Å². The summed E-state index contributed by atoms with van der Waals surface area (Å²) >= 11 is 0. The molecule has 4 aliphatic carbocycles. The molecule has 1 aromatic carbocycles. The molecule has 306 valence electrons. The molecule has 12 atom stereocenters. The molecule has 3 N–H and O–H groups in total. The van der Waals surface area contributed by atoms with Crippen molar-refractivity contribution in [1.29, 1.82) is 0 Å². The highest BCUT2D eigenvalue weighted by Crippen LogP contribution is 2.76. The number of rotatable bonds is 11. The van der Waals surface area contributed by atoms with Crippen LogP contribution in [0.15, 0.2) is 42.0 Å². The van der Waals surface area contributed by atoms with Crippen molar-refractivity contribution in [1.82, 2.24) is 5.32 Å². The van der Waals surface area contributed by atoms with Crippen LogP contribution in [-0.2, 0) is 35.1 Å². The van der Waals surface area contributed by atoms with Gasteiger partial charge in [0.25, 0.3) is 0 Å². The molecule has 4 fully saturated rings. The molecular formula is C46H70N2O7. The predicted molar refractivity (Wildman–Crippen MR) is 213 cm³/mol. The lowest BCUT2D eigenvalue weighted by Gasteiger charge is -2.72. The third kappa shape index (κ3) is 6.36. The van der Waals surface area contributed by atoms with Crippen LogP contribution in [0.4, 0.5) is 4.79 Å². The Bertz CT molecular complexity index is 1650. The highest BCUT2D eigenvalue weighted by molar-refractivity contribution is 5.83. The third-order valence-electron chi connectivity index (χ3n) is 16.9. The molecule has 1 aliphatic heterocycles. The number of benzene rings is 1. The minimum Gasteiger partial charge on any atom is -0.460 e. The summed E-state index contributed by atoms with van der Waals surface area (Å²) in [5.74, 6) is 0.671. The van der Waals surface area contributed by atoms with Crippen molar-refractivity contribution in [3.8, 4) is 0 Å². The van der Waals surface area contributed by atoms with Crippen LogP contribution >= 0.6 is 0 Å². The van der Waals surface area contributed by atoms with Gasteiger partial charge in [0.05, 0.1) is 30.8 Å². The fraction of sp³-hybridized carbons (Fsp3) is 0.761. The normalized spacial score (nSPS) is 39.7. The van der Waals surface area contributed by atoms with E-state index in [9.17, 15) is 14.4 Å². The Morgan fingerprint density at radius 3 is 2.33 bits per heavy atom. The van der Waals surface area contributed by atoms with Crippen LogP contribution in [-0.4, -0.2) is 55.5 Å². The first-order valence-corrected chi connectivity index (χ1v) is 21.1. The van der Waals surface area contributed by atoms with Gasteiger partial charge in [-0.2, -0.15) is 0 Å². The number of hydrogen-bond acceptors (Lipinski definition) is 7. The Morgan fingerprint density at radius 2 is 1.71 bits per heavy atom. The molecule has 0 aromatic heterocycles. The zero-order chi connectivity index (χ0) is 40.4. The van der Waals surface area contributed by atoms with E-state index in [1.54, 1.807) is 0 Å². The minimum atomic E-state index is -0.754. The average molecular weight is 763 g/mol. The van der Waals surface area contributed by atoms with Gasteiger partial charge < -0.3 is 30.0 Å². The fourth-order valence-electron chi connectivity index (χ4n) is 13.3. The molecule has 9 nitrogen and oxygen atoms in total. The predicted octanol–water partition coefficient (Wildman–Crippen LogP) is 8.63. The molecule has 0 spiro atoms. The molecule has 1 unspecified atom stereocenters. The fourth-order valence-corrected chi connectivity index (χ4v) is 13.3. The molecule has 0 radical (unpaired) electrons. The third-order valence-corrected chi connectivity index (χ3v) is 16.9. The summed E-state index contributed by atoms with van der Waals surface area (Å²) in [5.41, 5.74) is 6.29. The van der Waals surface area contributed by atoms with Gasteiger partial charge in [-0.05, 0) is 97.3 Å². The first-order chi connectivity index (χ1) is 25.7. The van der Waals surface area contributed by atoms with E-state index < -0.39 is 34.7 Å². The second-order valence-electron chi connectivity index (χ2n) is 20.0. The molecule has 9 heteroatoms. The van der Waals surface area contributed by atoms with Crippen LogP contribution in [0.3, 0.4) is 0 Å². The summed E-state index contributed by atoms with van der Waals surface area (Å²) in [4.78, 5) is 40.1. The molecule has 3 saturated carbocycles. The molecule has 5 aliphatic rings. The lowest BCUT2D eigenvalue weighted by molar-refractivity contribution is -0.271. The van der Waals surface area contributed by atoms with Crippen LogP contribution in [0.5, 0.6) is 0 Å². The maximum atomic E-state index is 14.0. The zero-order valence-corrected chi connectivity index (χ0v) is 35.6. The molecule has 55 heavy (non-hydrogen) atoms. The SMILES string of the molecule is CC(=O)O[C@@H]1C[C@@]23COC[C@](C)([C@@H]2CC[C@H]2C3=CC[C@]3(C)[C@]2(C)CCC(C)[C@]3(C(N)=O)[C@H](C)C(C)C)[C@H]1OC[C@@](C)(NC(=O)OCc1ccccc1)C(C)C. The topological polar surface area (TPSA) is 126 Å². The van der Waals surface area contributed by atoms with Gasteiger partial charge in [0, 0.05) is 17.8 Å². The number of carbonyl (C=O) groups excluding carboxylic acids is 3. The molecule has 6 rings (SSSR count). The molecule has 1 saturated heterocycles. The summed E-state index contributed by atoms with van der Waals surface area (Å²) < 4.78 is 25.6. The minimum absolute atomic E-state index is 0.0177. The number of fused-ring (bicyclic) bond motifs is 3. The van der Waals surface area contributed by atoms with Gasteiger partial charge >= 0.3 is 12.1 Å². The van der Waals surface area contributed by atoms with E-state index in [0.29, 0.717) is 25.6 Å². The molecular weight excluding hydrogens is 693 g/mol. The van der Waals surface area contributed by atoms with Crippen molar-refractivity contribution in [2.75, 3.05) is 19.8 Å². The van der Waals surface area contributed by atoms with E-state index in [1.807, 2.05) is 37.3 Å². The number of alkyl carbamates (subject to hydrolysis) is 1. The molecule has 2 bridgehead atoms. The first kappa shape index (κ1) is 41.7. The van der Waals surface area contributed by atoms with Crippen LogP contribution in [0.1, 0.15) is 120 Å². The number of allylic oxidation sites excluding steroid dienone is 1. The Hall–Kier alpha value is -2.91. The smallest absolute Gasteiger partial charge is 0.407 e. The monoisotopic (exact) mass is 763 g/mol. The van der Waals surface area contributed by atoms with Crippen molar-refractivity contribution in [2.45, 2.75) is 139 Å². The number of ether oxygens (including phenoxy) is 4. The lowest BCUT2D eigenvalue weighted by atomic mass is 9.32. The Balaban J connectivity index is 1.33. The summed E-state index contributed by atoms with van der Waals surface area (Å²) in [5, 5.41) is 3.12. The van der Waals surface area contributed by atoms with Gasteiger partial charge in [0.15, 0.2) is 0 Å². The molecule has 1 aromatic rings. The van der Waals surface area contributed by atoms with Crippen molar-refractivity contribution < 1.29 is 33.3 Å². The van der Waals surface area contributed by atoms with Crippen molar-refractivity contribution in [3.05, 3.63) is 47.5 Å². The number of nitrogens with one attached hydrogen (secondary N) is 1. The van der Waals surface area contributed by atoms with E-state index in [4.69, 9.17) is 24.7 Å². The zero-order valence-electron chi connectivity index (χ0n) is 35.6. The Kier molecular flexibility index (Phi) is 11.2. The second kappa shape index (κ2) is 14.8. The van der Waals surface area contributed by atoms with Gasteiger partial charge in [-0.3, -0.25) is 9.59 Å². The summed E-state index contributed by atoms with van der Waals surface area (Å²) in [7, 11) is 0. The standard InChI is InChI=1S/C46H70N2O7/c1-28(2)31(6)46(39(47)50)30(5)19-21-42(9)34-17-18-37-41(8)25-52-27-45(37,35(34)20-22-44(42,46)11)23-36(55-32(7)49)38(41)54-26-43(10,29(3)4)48-40(51)53-24-33-15-13-12-14-16-33/h12-16,20,28-31,34,36-38H,17-19,21-27H2,1-11H3,(H2,47,50)(H,48,51)/t30?,31-,34+,36-,37+,38+,41-,42-,43-,44-,45+,46-/m1/s1. The van der Waals surface area contributed by atoms with Gasteiger partial charge in [-0.15, -0.1) is 0 Å². The Labute approximate surface area is 330 Å². The summed E-state index contributed by atoms with van der Waals surface area (Å²) in [6.45, 7) is 25.2. The van der Waals surface area contributed by atoms with Crippen molar-refractivity contribution in [3.63, 3.8) is 0 Å². The number of esters is 1. The summed E-state index contributed by atoms with van der Waals surface area (Å²) in [6, 6.07) is 9.63. The van der Waals surface area contributed by atoms with Crippen molar-refractivity contribution in [2.24, 2.45) is 68.3 Å². The van der Waals surface area contributed by atoms with Gasteiger partial charge in [-0.1, -0.05) is 104 Å². The van der Waals surface area contributed by atoms with Crippen LogP contribution in [0.2, 0.25) is 0 Å². The number of hydrogen-bond donors (Lipinski definition) is 2. The number of primary amides is 1. The second-order valence-corrected chi connectivity index (χ2v) is 20.0. The Morgan fingerprint density at radius 1 is 1.02 bits per heavy atom. The number of nitrogens with two attached hydrogens (primary N) is 1. The summed E-state index contributed by atoms with van der Waals surface area (Å²) in [6.07, 6.45) is 6.45. The lowest BCUT2D eigenvalue weighted by Crippen LogP contribution is -2.72. The van der Waals surface area contributed by atoms with Crippen LogP contribution < -0.4 is 11.1 Å². The molecule has 2 amide bonds. The maximum absolute atomic E-state index is 14.0. The highest BCUT2D eigenvalue weighted by atomic mass is 16.6. The van der Waals surface area contributed by atoms with E-state index >= 15 is 0 Å². The van der Waals surface area contributed by atoms with Crippen LogP contribution in [0, 0.1) is 62.6 Å². The maximum Gasteiger partial charge on any atom is 0.407 e. The first-order valence-electron chi connectivity index (χ1n) is 21.1. The quantitative estimate of drug-likeness (QED) is 0.171. The number of carbonyl (C=O) groups is 3. The average Bonchev–Trinajstić information content (AvgIpc) is 3.11. The van der Waals surface area contributed by atoms with E-state index in [1.165, 1.54) is 12.5 Å². The van der Waals surface area contributed by atoms with E-state index in [-0.39, 0.29) is 70.9 Å². The van der Waals surface area contributed by atoms with Gasteiger partial charge in [0.1, 0.15) is 18.8 Å². The highest BCUT2D eigenvalue weighted by Gasteiger charge is 2.74. The molecule has 1 heterocycles. The van der Waals surface area contributed by atoms with Crippen molar-refractivity contribution >= 4 is 18.0 Å². The number of amides is 2. The largest absolute Gasteiger partial charge is 0.460 e. The van der Waals surface area contributed by atoms with Gasteiger partial charge in [0.2, 0.25) is 5.91 Å². The van der Waals surface area contributed by atoms with Crippen LogP contribution in [0.25, 0.3) is 0 Å².